The van der Waals surface area contributed by atoms with E-state index in [-0.39, 0.29) is 12.3 Å². The quantitative estimate of drug-likeness (QED) is 0.445. The summed E-state index contributed by atoms with van der Waals surface area (Å²) < 4.78 is 0. The summed E-state index contributed by atoms with van der Waals surface area (Å²) in [5.74, 6) is 5.60. The van der Waals surface area contributed by atoms with Crippen LogP contribution in [0.25, 0.3) is 0 Å². The summed E-state index contributed by atoms with van der Waals surface area (Å²) in [7, 11) is 1.77. The van der Waals surface area contributed by atoms with Crippen LogP contribution in [0.15, 0.2) is 18.2 Å². The van der Waals surface area contributed by atoms with E-state index in [2.05, 4.69) is 17.2 Å². The molecule has 0 unspecified atom stereocenters. The van der Waals surface area contributed by atoms with E-state index in [0.29, 0.717) is 17.7 Å². The van der Waals surface area contributed by atoms with Crippen LogP contribution in [0.1, 0.15) is 11.1 Å². The van der Waals surface area contributed by atoms with Crippen LogP contribution in [0.4, 0.5) is 5.69 Å². The Hall–Kier alpha value is -1.90. The van der Waals surface area contributed by atoms with E-state index in [4.69, 9.17) is 5.11 Å². The molecule has 5 nitrogen and oxygen atoms in total. The molecule has 2 N–H and O–H groups in total. The van der Waals surface area contributed by atoms with Crippen molar-refractivity contribution in [3.63, 3.8) is 0 Å². The molecule has 0 radical (unpaired) electrons. The lowest BCUT2D eigenvalue weighted by Crippen LogP contribution is -2.04. The number of aliphatic hydroxyl groups excluding tert-OH is 1. The number of rotatable bonds is 3. The van der Waals surface area contributed by atoms with Crippen molar-refractivity contribution in [1.82, 2.24) is 5.32 Å². The first-order chi connectivity index (χ1) is 7.69. The molecule has 0 aromatic heterocycles. The van der Waals surface area contributed by atoms with Gasteiger partial charge in [0, 0.05) is 11.6 Å². The van der Waals surface area contributed by atoms with Crippen LogP contribution < -0.4 is 5.32 Å². The van der Waals surface area contributed by atoms with Gasteiger partial charge in [-0.25, -0.2) is 0 Å². The van der Waals surface area contributed by atoms with Crippen LogP contribution in [-0.2, 0) is 6.61 Å². The van der Waals surface area contributed by atoms with E-state index in [1.165, 1.54) is 12.1 Å². The SMILES string of the molecule is CNCC#Cc1ccc(CO)c([N+](=O)[O-])c1. The largest absolute Gasteiger partial charge is 0.391 e. The van der Waals surface area contributed by atoms with E-state index in [0.717, 1.165) is 0 Å². The van der Waals surface area contributed by atoms with Crippen LogP contribution in [0.5, 0.6) is 0 Å². The molecule has 0 saturated carbocycles. The van der Waals surface area contributed by atoms with Gasteiger partial charge in [-0.1, -0.05) is 11.8 Å². The highest BCUT2D eigenvalue weighted by Gasteiger charge is 2.12. The van der Waals surface area contributed by atoms with Crippen molar-refractivity contribution in [2.24, 2.45) is 0 Å². The van der Waals surface area contributed by atoms with Gasteiger partial charge in [0.2, 0.25) is 0 Å². The molecule has 0 saturated heterocycles. The highest BCUT2D eigenvalue weighted by molar-refractivity contribution is 5.48. The van der Waals surface area contributed by atoms with E-state index in [9.17, 15) is 10.1 Å². The molecule has 0 aliphatic carbocycles. The highest BCUT2D eigenvalue weighted by Crippen LogP contribution is 2.19. The van der Waals surface area contributed by atoms with E-state index in [1.54, 1.807) is 13.1 Å². The normalized spacial score (nSPS) is 9.38. The molecule has 5 heteroatoms. The van der Waals surface area contributed by atoms with Gasteiger partial charge < -0.3 is 10.4 Å². The smallest absolute Gasteiger partial charge is 0.276 e. The lowest BCUT2D eigenvalue weighted by atomic mass is 10.1. The molecule has 0 aliphatic rings. The van der Waals surface area contributed by atoms with Gasteiger partial charge in [0.1, 0.15) is 0 Å². The topological polar surface area (TPSA) is 75.4 Å². The molecule has 1 aromatic rings. The van der Waals surface area contributed by atoms with E-state index < -0.39 is 4.92 Å². The fraction of sp³-hybridized carbons (Fsp3) is 0.273. The number of nitro benzene ring substituents is 1. The Bertz CT molecular complexity index is 446. The van der Waals surface area contributed by atoms with Crippen molar-refractivity contribution < 1.29 is 10.0 Å². The molecule has 0 spiro atoms. The van der Waals surface area contributed by atoms with Crippen LogP contribution in [0, 0.1) is 22.0 Å². The standard InChI is InChI=1S/C11H12N2O3/c1-12-6-2-3-9-4-5-10(8-14)11(7-9)13(15)16/h4-5,7,12,14H,6,8H2,1H3. The van der Waals surface area contributed by atoms with Gasteiger partial charge in [-0.2, -0.15) is 0 Å². The van der Waals surface area contributed by atoms with Crippen molar-refractivity contribution in [3.8, 4) is 11.8 Å². The Morgan fingerprint density at radius 2 is 2.31 bits per heavy atom. The third-order valence-corrected chi connectivity index (χ3v) is 1.95. The molecule has 1 aromatic carbocycles. The summed E-state index contributed by atoms with van der Waals surface area (Å²) in [5.41, 5.74) is 0.766. The predicted molar refractivity (Wildman–Crippen MR) is 59.8 cm³/mol. The molecule has 84 valence electrons. The molecular formula is C11H12N2O3. The molecule has 16 heavy (non-hydrogen) atoms. The second kappa shape index (κ2) is 5.85. The molecule has 0 bridgehead atoms. The Kier molecular flexibility index (Phi) is 4.45. The first kappa shape index (κ1) is 12.2. The Labute approximate surface area is 93.3 Å². The van der Waals surface area contributed by atoms with Crippen molar-refractivity contribution in [2.75, 3.05) is 13.6 Å². The molecule has 1 rings (SSSR count). The van der Waals surface area contributed by atoms with Gasteiger partial charge in [-0.3, -0.25) is 10.1 Å². The summed E-state index contributed by atoms with van der Waals surface area (Å²) in [4.78, 5) is 10.2. The molecule has 0 atom stereocenters. The van der Waals surface area contributed by atoms with Crippen LogP contribution in [0.2, 0.25) is 0 Å². The van der Waals surface area contributed by atoms with Crippen LogP contribution >= 0.6 is 0 Å². The summed E-state index contributed by atoms with van der Waals surface area (Å²) in [5, 5.41) is 22.5. The third-order valence-electron chi connectivity index (χ3n) is 1.95. The number of nitrogens with zero attached hydrogens (tertiary/aromatic N) is 1. The molecule has 0 heterocycles. The fourth-order valence-corrected chi connectivity index (χ4v) is 1.18. The fourth-order valence-electron chi connectivity index (χ4n) is 1.18. The minimum absolute atomic E-state index is 0.0984. The number of nitrogens with one attached hydrogen (secondary N) is 1. The minimum Gasteiger partial charge on any atom is -0.391 e. The zero-order valence-corrected chi connectivity index (χ0v) is 8.86. The first-order valence-electron chi connectivity index (χ1n) is 4.70. The lowest BCUT2D eigenvalue weighted by Gasteiger charge is -1.99. The predicted octanol–water partition coefficient (Wildman–Crippen LogP) is 0.658. The van der Waals surface area contributed by atoms with Gasteiger partial charge in [-0.05, 0) is 19.2 Å². The van der Waals surface area contributed by atoms with Crippen molar-refractivity contribution in [2.45, 2.75) is 6.61 Å². The van der Waals surface area contributed by atoms with Crippen molar-refractivity contribution in [1.29, 1.82) is 0 Å². The Morgan fingerprint density at radius 3 is 2.88 bits per heavy atom. The van der Waals surface area contributed by atoms with Crippen molar-refractivity contribution >= 4 is 5.69 Å². The zero-order chi connectivity index (χ0) is 12.0. The average Bonchev–Trinajstić information content (AvgIpc) is 2.29. The zero-order valence-electron chi connectivity index (χ0n) is 8.86. The van der Waals surface area contributed by atoms with Crippen LogP contribution in [0.3, 0.4) is 0 Å². The van der Waals surface area contributed by atoms with Gasteiger partial charge in [0.15, 0.2) is 0 Å². The average molecular weight is 220 g/mol. The van der Waals surface area contributed by atoms with E-state index >= 15 is 0 Å². The number of aliphatic hydroxyl groups is 1. The monoisotopic (exact) mass is 220 g/mol. The van der Waals surface area contributed by atoms with Gasteiger partial charge in [0.25, 0.3) is 5.69 Å². The third kappa shape index (κ3) is 3.05. The maximum absolute atomic E-state index is 10.7. The van der Waals surface area contributed by atoms with Crippen molar-refractivity contribution in [3.05, 3.63) is 39.4 Å². The number of hydrogen-bond acceptors (Lipinski definition) is 4. The van der Waals surface area contributed by atoms with Gasteiger partial charge in [-0.15, -0.1) is 0 Å². The maximum Gasteiger partial charge on any atom is 0.276 e. The molecule has 0 aliphatic heterocycles. The van der Waals surface area contributed by atoms with E-state index in [1.807, 2.05) is 0 Å². The lowest BCUT2D eigenvalue weighted by molar-refractivity contribution is -0.385. The number of nitro groups is 1. The Morgan fingerprint density at radius 1 is 1.56 bits per heavy atom. The minimum atomic E-state index is -0.519. The first-order valence-corrected chi connectivity index (χ1v) is 4.70. The molecule has 0 amide bonds. The number of benzene rings is 1. The summed E-state index contributed by atoms with van der Waals surface area (Å²) in [6.07, 6.45) is 0. The molecule has 0 fully saturated rings. The second-order valence-corrected chi connectivity index (χ2v) is 3.09. The maximum atomic E-state index is 10.7. The second-order valence-electron chi connectivity index (χ2n) is 3.09. The van der Waals surface area contributed by atoms with Gasteiger partial charge >= 0.3 is 0 Å². The van der Waals surface area contributed by atoms with Crippen LogP contribution in [-0.4, -0.2) is 23.6 Å². The summed E-state index contributed by atoms with van der Waals surface area (Å²) in [6.45, 7) is 0.177. The molecular weight excluding hydrogens is 208 g/mol. The van der Waals surface area contributed by atoms with Gasteiger partial charge in [0.05, 0.1) is 23.6 Å². The summed E-state index contributed by atoms with van der Waals surface area (Å²) in [6, 6.07) is 4.54. The summed E-state index contributed by atoms with van der Waals surface area (Å²) >= 11 is 0. The Balaban J connectivity index is 3.04. The highest BCUT2D eigenvalue weighted by atomic mass is 16.6. The number of hydrogen-bond donors (Lipinski definition) is 2.